The zero-order valence-electron chi connectivity index (χ0n) is 9.93. The molecule has 0 atom stereocenters. The van der Waals surface area contributed by atoms with Crippen LogP contribution in [0.5, 0.6) is 0 Å². The number of nitrogens with one attached hydrogen (secondary N) is 1. The third-order valence-corrected chi connectivity index (χ3v) is 2.74. The van der Waals surface area contributed by atoms with Gasteiger partial charge in [-0.25, -0.2) is 4.39 Å². The van der Waals surface area contributed by atoms with E-state index in [4.69, 9.17) is 0 Å². The summed E-state index contributed by atoms with van der Waals surface area (Å²) in [6.07, 6.45) is 2.96. The van der Waals surface area contributed by atoms with Crippen LogP contribution in [0.1, 0.15) is 5.56 Å². The molecule has 2 rings (SSSR count). The van der Waals surface area contributed by atoms with Crippen LogP contribution in [-0.2, 0) is 4.79 Å². The first-order valence-corrected chi connectivity index (χ1v) is 5.69. The van der Waals surface area contributed by atoms with Gasteiger partial charge in [0.2, 0.25) is 5.91 Å². The highest BCUT2D eigenvalue weighted by Gasteiger charge is 2.13. The molecule has 0 spiro atoms. The Hall–Kier alpha value is -1.39. The summed E-state index contributed by atoms with van der Waals surface area (Å²) in [6.45, 7) is 3.06. The average Bonchev–Trinajstić information content (AvgIpc) is 2.38. The third-order valence-electron chi connectivity index (χ3n) is 2.74. The molecule has 1 amide bonds. The Bertz CT molecular complexity index is 431. The van der Waals surface area contributed by atoms with Crippen LogP contribution in [0, 0.1) is 5.82 Å². The largest absolute Gasteiger partial charge is 0.337 e. The van der Waals surface area contributed by atoms with Crippen molar-refractivity contribution in [3.05, 3.63) is 41.7 Å². The first-order valence-electron chi connectivity index (χ1n) is 5.69. The molecular formula is C13H16ClFN2O. The average molecular weight is 271 g/mol. The minimum Gasteiger partial charge on any atom is -0.337 e. The summed E-state index contributed by atoms with van der Waals surface area (Å²) in [7, 11) is 0. The number of nitrogens with zero attached hydrogens (tertiary/aromatic N) is 1. The lowest BCUT2D eigenvalue weighted by atomic mass is 10.2. The van der Waals surface area contributed by atoms with Crippen LogP contribution < -0.4 is 5.32 Å². The molecule has 1 N–H and O–H groups in total. The van der Waals surface area contributed by atoms with E-state index in [1.165, 1.54) is 18.2 Å². The molecule has 18 heavy (non-hydrogen) atoms. The van der Waals surface area contributed by atoms with E-state index in [9.17, 15) is 9.18 Å². The second kappa shape index (κ2) is 7.13. The summed E-state index contributed by atoms with van der Waals surface area (Å²) in [6, 6.07) is 6.41. The minimum absolute atomic E-state index is 0. The quantitative estimate of drug-likeness (QED) is 0.830. The molecule has 1 heterocycles. The number of hydrogen-bond donors (Lipinski definition) is 1. The molecule has 0 aliphatic carbocycles. The predicted molar refractivity (Wildman–Crippen MR) is 72.1 cm³/mol. The van der Waals surface area contributed by atoms with Crippen LogP contribution >= 0.6 is 12.4 Å². The van der Waals surface area contributed by atoms with Crippen molar-refractivity contribution >= 4 is 24.4 Å². The summed E-state index contributed by atoms with van der Waals surface area (Å²) in [5, 5.41) is 3.17. The lowest BCUT2D eigenvalue weighted by molar-refractivity contribution is -0.126. The Balaban J connectivity index is 0.00000162. The first kappa shape index (κ1) is 14.7. The van der Waals surface area contributed by atoms with Crippen molar-refractivity contribution < 1.29 is 9.18 Å². The molecule has 1 aliphatic rings. The van der Waals surface area contributed by atoms with Crippen molar-refractivity contribution in [2.24, 2.45) is 0 Å². The molecule has 1 aromatic rings. The Morgan fingerprint density at radius 3 is 2.61 bits per heavy atom. The topological polar surface area (TPSA) is 32.3 Å². The van der Waals surface area contributed by atoms with Gasteiger partial charge < -0.3 is 10.2 Å². The van der Waals surface area contributed by atoms with Gasteiger partial charge in [-0.05, 0) is 12.1 Å². The Morgan fingerprint density at radius 1 is 1.28 bits per heavy atom. The van der Waals surface area contributed by atoms with Crippen LogP contribution in [0.25, 0.3) is 6.08 Å². The fourth-order valence-electron chi connectivity index (χ4n) is 1.76. The Morgan fingerprint density at radius 2 is 1.94 bits per heavy atom. The molecule has 0 unspecified atom stereocenters. The van der Waals surface area contributed by atoms with Crippen molar-refractivity contribution in [2.75, 3.05) is 26.2 Å². The number of carbonyl (C=O) groups is 1. The lowest BCUT2D eigenvalue weighted by Crippen LogP contribution is -2.45. The molecule has 0 aromatic heterocycles. The monoisotopic (exact) mass is 270 g/mol. The molecule has 1 aromatic carbocycles. The van der Waals surface area contributed by atoms with E-state index in [2.05, 4.69) is 5.32 Å². The summed E-state index contributed by atoms with van der Waals surface area (Å²) < 4.78 is 13.3. The van der Waals surface area contributed by atoms with E-state index in [0.29, 0.717) is 18.7 Å². The highest BCUT2D eigenvalue weighted by Crippen LogP contribution is 2.08. The fraction of sp³-hybridized carbons (Fsp3) is 0.308. The van der Waals surface area contributed by atoms with Gasteiger partial charge in [-0.2, -0.15) is 0 Å². The van der Waals surface area contributed by atoms with Crippen molar-refractivity contribution in [3.63, 3.8) is 0 Å². The van der Waals surface area contributed by atoms with Crippen LogP contribution in [-0.4, -0.2) is 37.0 Å². The van der Waals surface area contributed by atoms with Crippen LogP contribution in [0.3, 0.4) is 0 Å². The molecule has 0 saturated carbocycles. The number of rotatable bonds is 2. The van der Waals surface area contributed by atoms with Gasteiger partial charge in [-0.3, -0.25) is 4.79 Å². The molecule has 5 heteroatoms. The highest BCUT2D eigenvalue weighted by molar-refractivity contribution is 5.91. The molecule has 3 nitrogen and oxygen atoms in total. The van der Waals surface area contributed by atoms with Gasteiger partial charge in [-0.15, -0.1) is 12.4 Å². The second-order valence-corrected chi connectivity index (χ2v) is 3.93. The van der Waals surface area contributed by atoms with Crippen LogP contribution in [0.2, 0.25) is 0 Å². The Kier molecular flexibility index (Phi) is 5.82. The van der Waals surface area contributed by atoms with Gasteiger partial charge in [-0.1, -0.05) is 18.2 Å². The summed E-state index contributed by atoms with van der Waals surface area (Å²) in [4.78, 5) is 13.5. The number of amides is 1. The number of hydrogen-bond acceptors (Lipinski definition) is 2. The van der Waals surface area contributed by atoms with E-state index in [-0.39, 0.29) is 24.1 Å². The molecule has 98 valence electrons. The van der Waals surface area contributed by atoms with Gasteiger partial charge in [0.15, 0.2) is 0 Å². The standard InChI is InChI=1S/C13H15FN2O.ClH/c14-12-4-2-1-3-11(12)5-6-13(17)16-9-7-15-8-10-16;/h1-6,15H,7-10H2;1H. The highest BCUT2D eigenvalue weighted by atomic mass is 35.5. The predicted octanol–water partition coefficient (Wildman–Crippen LogP) is 1.69. The zero-order chi connectivity index (χ0) is 12.1. The van der Waals surface area contributed by atoms with E-state index in [1.54, 1.807) is 23.1 Å². The zero-order valence-corrected chi connectivity index (χ0v) is 10.8. The molecular weight excluding hydrogens is 255 g/mol. The molecule has 1 fully saturated rings. The second-order valence-electron chi connectivity index (χ2n) is 3.93. The van der Waals surface area contributed by atoms with E-state index >= 15 is 0 Å². The smallest absolute Gasteiger partial charge is 0.246 e. The maximum Gasteiger partial charge on any atom is 0.246 e. The summed E-state index contributed by atoms with van der Waals surface area (Å²) in [5.74, 6) is -0.369. The van der Waals surface area contributed by atoms with Gasteiger partial charge in [0, 0.05) is 37.8 Å². The normalized spacial score (nSPS) is 15.5. The van der Waals surface area contributed by atoms with Crippen molar-refractivity contribution in [2.45, 2.75) is 0 Å². The van der Waals surface area contributed by atoms with Gasteiger partial charge in [0.25, 0.3) is 0 Å². The molecule has 1 saturated heterocycles. The van der Waals surface area contributed by atoms with Gasteiger partial charge >= 0.3 is 0 Å². The van der Waals surface area contributed by atoms with Crippen molar-refractivity contribution in [3.8, 4) is 0 Å². The van der Waals surface area contributed by atoms with Crippen molar-refractivity contribution in [1.29, 1.82) is 0 Å². The van der Waals surface area contributed by atoms with Gasteiger partial charge in [0.05, 0.1) is 0 Å². The number of halogens is 2. The molecule has 0 radical (unpaired) electrons. The molecule has 0 bridgehead atoms. The lowest BCUT2D eigenvalue weighted by Gasteiger charge is -2.26. The minimum atomic E-state index is -0.308. The van der Waals surface area contributed by atoms with E-state index < -0.39 is 0 Å². The summed E-state index contributed by atoms with van der Waals surface area (Å²) in [5.41, 5.74) is 0.441. The Labute approximate surface area is 112 Å². The summed E-state index contributed by atoms with van der Waals surface area (Å²) >= 11 is 0. The van der Waals surface area contributed by atoms with E-state index in [0.717, 1.165) is 13.1 Å². The van der Waals surface area contributed by atoms with E-state index in [1.807, 2.05) is 0 Å². The molecule has 1 aliphatic heterocycles. The maximum absolute atomic E-state index is 13.3. The first-order chi connectivity index (χ1) is 8.27. The SMILES string of the molecule is Cl.O=C(C=Cc1ccccc1F)N1CCNCC1. The fourth-order valence-corrected chi connectivity index (χ4v) is 1.76. The number of benzene rings is 1. The number of carbonyl (C=O) groups excluding carboxylic acids is 1. The number of piperazine rings is 1. The van der Waals surface area contributed by atoms with Crippen LogP contribution in [0.4, 0.5) is 4.39 Å². The van der Waals surface area contributed by atoms with Gasteiger partial charge in [0.1, 0.15) is 5.82 Å². The van der Waals surface area contributed by atoms with Crippen LogP contribution in [0.15, 0.2) is 30.3 Å². The van der Waals surface area contributed by atoms with Crippen molar-refractivity contribution in [1.82, 2.24) is 10.2 Å². The third kappa shape index (κ3) is 3.82. The maximum atomic E-state index is 13.3.